The van der Waals surface area contributed by atoms with Crippen molar-refractivity contribution in [2.24, 2.45) is 0 Å². The summed E-state index contributed by atoms with van der Waals surface area (Å²) in [5, 5.41) is 9.08. The van der Waals surface area contributed by atoms with Gasteiger partial charge in [0.1, 0.15) is 5.69 Å². The molecule has 0 unspecified atom stereocenters. The third kappa shape index (κ3) is 3.59. The average Bonchev–Trinajstić information content (AvgIpc) is 3.32. The van der Waals surface area contributed by atoms with Crippen molar-refractivity contribution in [3.63, 3.8) is 0 Å². The summed E-state index contributed by atoms with van der Waals surface area (Å²) in [7, 11) is 0. The summed E-state index contributed by atoms with van der Waals surface area (Å²) in [6.07, 6.45) is 1.80. The maximum atomic E-state index is 4.63. The van der Waals surface area contributed by atoms with Crippen molar-refractivity contribution < 1.29 is 0 Å². The Balaban J connectivity index is 1.48. The van der Waals surface area contributed by atoms with Gasteiger partial charge in [0.25, 0.3) is 0 Å². The Morgan fingerprint density at radius 3 is 1.60 bits per heavy atom. The molecule has 1 heterocycles. The van der Waals surface area contributed by atoms with E-state index in [0.717, 1.165) is 34.0 Å². The number of anilines is 3. The molecular weight excluding hydrogens is 368 g/mol. The first-order chi connectivity index (χ1) is 14.9. The Kier molecular flexibility index (Phi) is 4.80. The second kappa shape index (κ2) is 8.05. The first-order valence-corrected chi connectivity index (χ1v) is 9.87. The van der Waals surface area contributed by atoms with Gasteiger partial charge in [-0.05, 0) is 48.5 Å². The standard InChI is InChI=1S/C26H20N4/c1-4-10-21(11-5-1)26-20-27-30(28-26)25-18-16-24(17-19-25)29(22-12-6-2-7-13-22)23-14-8-3-9-15-23/h1-20H. The molecule has 144 valence electrons. The lowest BCUT2D eigenvalue weighted by Crippen LogP contribution is -2.10. The molecule has 0 radical (unpaired) electrons. The van der Waals surface area contributed by atoms with E-state index in [1.807, 2.05) is 54.6 Å². The fourth-order valence-corrected chi connectivity index (χ4v) is 3.47. The first kappa shape index (κ1) is 17.9. The highest BCUT2D eigenvalue weighted by Gasteiger charge is 2.12. The number of hydrogen-bond acceptors (Lipinski definition) is 3. The molecule has 4 heteroatoms. The van der Waals surface area contributed by atoms with Gasteiger partial charge in [-0.1, -0.05) is 66.7 Å². The summed E-state index contributed by atoms with van der Waals surface area (Å²) < 4.78 is 0. The molecule has 0 aliphatic heterocycles. The molecule has 5 aromatic rings. The maximum absolute atomic E-state index is 4.63. The molecule has 5 rings (SSSR count). The quantitative estimate of drug-likeness (QED) is 0.349. The lowest BCUT2D eigenvalue weighted by Gasteiger charge is -2.25. The Morgan fingerprint density at radius 1 is 0.533 bits per heavy atom. The van der Waals surface area contributed by atoms with Crippen molar-refractivity contribution in [3.8, 4) is 16.9 Å². The van der Waals surface area contributed by atoms with Crippen LogP contribution in [0.25, 0.3) is 16.9 Å². The minimum atomic E-state index is 0.856. The van der Waals surface area contributed by atoms with Crippen LogP contribution in [0.15, 0.2) is 121 Å². The minimum Gasteiger partial charge on any atom is -0.311 e. The second-order valence-electron chi connectivity index (χ2n) is 6.91. The van der Waals surface area contributed by atoms with Gasteiger partial charge in [0.15, 0.2) is 0 Å². The predicted octanol–water partition coefficient (Wildman–Crippen LogP) is 6.40. The summed E-state index contributed by atoms with van der Waals surface area (Å²) in [6.45, 7) is 0. The summed E-state index contributed by atoms with van der Waals surface area (Å²) in [5.74, 6) is 0. The highest BCUT2D eigenvalue weighted by molar-refractivity contribution is 5.76. The Labute approximate surface area is 175 Å². The first-order valence-electron chi connectivity index (χ1n) is 9.87. The Hall–Kier alpha value is -4.18. The Bertz CT molecular complexity index is 1180. The average molecular weight is 388 g/mol. The molecule has 0 fully saturated rings. The van der Waals surface area contributed by atoms with Gasteiger partial charge in [0.05, 0.1) is 11.9 Å². The molecule has 0 aliphatic carbocycles. The van der Waals surface area contributed by atoms with E-state index in [1.54, 1.807) is 11.0 Å². The number of hydrogen-bond donors (Lipinski definition) is 0. The number of rotatable bonds is 5. The molecule has 30 heavy (non-hydrogen) atoms. The number of aromatic nitrogens is 3. The van der Waals surface area contributed by atoms with Crippen LogP contribution >= 0.6 is 0 Å². The van der Waals surface area contributed by atoms with Crippen LogP contribution < -0.4 is 4.90 Å². The molecule has 0 N–H and O–H groups in total. The molecule has 0 amide bonds. The molecule has 4 nitrogen and oxygen atoms in total. The zero-order valence-corrected chi connectivity index (χ0v) is 16.3. The van der Waals surface area contributed by atoms with Crippen LogP contribution in [0.4, 0.5) is 17.1 Å². The summed E-state index contributed by atoms with van der Waals surface area (Å²) in [5.41, 5.74) is 6.13. The van der Waals surface area contributed by atoms with Gasteiger partial charge < -0.3 is 4.90 Å². The number of para-hydroxylation sites is 2. The van der Waals surface area contributed by atoms with Crippen LogP contribution in [0.5, 0.6) is 0 Å². The highest BCUT2D eigenvalue weighted by Crippen LogP contribution is 2.34. The normalized spacial score (nSPS) is 10.7. The number of nitrogens with zero attached hydrogens (tertiary/aromatic N) is 4. The lowest BCUT2D eigenvalue weighted by molar-refractivity contribution is 0.754. The second-order valence-corrected chi connectivity index (χ2v) is 6.91. The van der Waals surface area contributed by atoms with Gasteiger partial charge in [0.2, 0.25) is 0 Å². The van der Waals surface area contributed by atoms with Gasteiger partial charge in [0, 0.05) is 22.6 Å². The lowest BCUT2D eigenvalue weighted by atomic mass is 10.2. The van der Waals surface area contributed by atoms with Gasteiger partial charge in [-0.3, -0.25) is 0 Å². The molecule has 1 aromatic heterocycles. The fraction of sp³-hybridized carbons (Fsp3) is 0. The predicted molar refractivity (Wildman–Crippen MR) is 121 cm³/mol. The van der Waals surface area contributed by atoms with Crippen molar-refractivity contribution in [2.75, 3.05) is 4.90 Å². The smallest absolute Gasteiger partial charge is 0.113 e. The van der Waals surface area contributed by atoms with Crippen LogP contribution in [-0.4, -0.2) is 15.0 Å². The van der Waals surface area contributed by atoms with Gasteiger partial charge in [-0.2, -0.15) is 9.90 Å². The molecule has 0 saturated carbocycles. The molecule has 0 aliphatic rings. The van der Waals surface area contributed by atoms with Crippen molar-refractivity contribution in [1.29, 1.82) is 0 Å². The van der Waals surface area contributed by atoms with E-state index in [-0.39, 0.29) is 0 Å². The largest absolute Gasteiger partial charge is 0.311 e. The maximum Gasteiger partial charge on any atom is 0.113 e. The monoisotopic (exact) mass is 388 g/mol. The fourth-order valence-electron chi connectivity index (χ4n) is 3.47. The third-order valence-corrected chi connectivity index (χ3v) is 4.93. The molecule has 4 aromatic carbocycles. The minimum absolute atomic E-state index is 0.856. The van der Waals surface area contributed by atoms with Crippen LogP contribution in [0, 0.1) is 0 Å². The van der Waals surface area contributed by atoms with E-state index < -0.39 is 0 Å². The van der Waals surface area contributed by atoms with Crippen LogP contribution in [0.2, 0.25) is 0 Å². The van der Waals surface area contributed by atoms with Crippen molar-refractivity contribution >= 4 is 17.1 Å². The van der Waals surface area contributed by atoms with Crippen LogP contribution in [0.1, 0.15) is 0 Å². The van der Waals surface area contributed by atoms with Gasteiger partial charge in [-0.15, -0.1) is 5.10 Å². The Morgan fingerprint density at radius 2 is 1.03 bits per heavy atom. The molecule has 0 bridgehead atoms. The SMILES string of the molecule is c1ccc(-c2cnn(-c3ccc(N(c4ccccc4)c4ccccc4)cc3)n2)cc1. The van der Waals surface area contributed by atoms with E-state index >= 15 is 0 Å². The highest BCUT2D eigenvalue weighted by atomic mass is 15.5. The summed E-state index contributed by atoms with van der Waals surface area (Å²) in [4.78, 5) is 3.90. The van der Waals surface area contributed by atoms with Gasteiger partial charge in [-0.25, -0.2) is 0 Å². The van der Waals surface area contributed by atoms with Gasteiger partial charge >= 0.3 is 0 Å². The van der Waals surface area contributed by atoms with E-state index in [1.165, 1.54) is 0 Å². The topological polar surface area (TPSA) is 34.0 Å². The van der Waals surface area contributed by atoms with Crippen LogP contribution in [-0.2, 0) is 0 Å². The van der Waals surface area contributed by atoms with E-state index in [9.17, 15) is 0 Å². The molecular formula is C26H20N4. The summed E-state index contributed by atoms with van der Waals surface area (Å²) >= 11 is 0. The zero-order valence-electron chi connectivity index (χ0n) is 16.3. The number of benzene rings is 4. The van der Waals surface area contributed by atoms with E-state index in [2.05, 4.69) is 75.8 Å². The zero-order chi connectivity index (χ0) is 20.2. The van der Waals surface area contributed by atoms with Crippen molar-refractivity contribution in [3.05, 3.63) is 121 Å². The molecule has 0 saturated heterocycles. The van der Waals surface area contributed by atoms with E-state index in [0.29, 0.717) is 0 Å². The van der Waals surface area contributed by atoms with Crippen molar-refractivity contribution in [1.82, 2.24) is 15.0 Å². The molecule has 0 atom stereocenters. The summed E-state index contributed by atoms with van der Waals surface area (Å²) in [6, 6.07) is 39.1. The third-order valence-electron chi connectivity index (χ3n) is 4.93. The van der Waals surface area contributed by atoms with Crippen molar-refractivity contribution in [2.45, 2.75) is 0 Å². The van der Waals surface area contributed by atoms with E-state index in [4.69, 9.17) is 0 Å². The van der Waals surface area contributed by atoms with Crippen LogP contribution in [0.3, 0.4) is 0 Å². The molecule has 0 spiro atoms.